The number of rotatable bonds is 5. The van der Waals surface area contributed by atoms with Gasteiger partial charge in [-0.2, -0.15) is 0 Å². The second kappa shape index (κ2) is 7.05. The fourth-order valence-electron chi connectivity index (χ4n) is 2.67. The van der Waals surface area contributed by atoms with Gasteiger partial charge >= 0.3 is 0 Å². The molecule has 0 saturated carbocycles. The molecule has 26 heavy (non-hydrogen) atoms. The van der Waals surface area contributed by atoms with Gasteiger partial charge in [-0.3, -0.25) is 4.40 Å². The molecule has 0 radical (unpaired) electrons. The normalized spacial score (nSPS) is 11.2. The summed E-state index contributed by atoms with van der Waals surface area (Å²) < 4.78 is 7.18. The molecule has 0 atom stereocenters. The number of aromatic nitrogens is 5. The number of thiazole rings is 1. The molecule has 8 heteroatoms. The van der Waals surface area contributed by atoms with E-state index in [0.29, 0.717) is 5.78 Å². The van der Waals surface area contributed by atoms with Crippen LogP contribution >= 0.6 is 23.1 Å². The first-order chi connectivity index (χ1) is 12.6. The average molecular weight is 384 g/mol. The van der Waals surface area contributed by atoms with E-state index in [2.05, 4.69) is 20.6 Å². The Morgan fingerprint density at radius 1 is 1.12 bits per heavy atom. The summed E-state index contributed by atoms with van der Waals surface area (Å²) in [5.74, 6) is 2.22. The van der Waals surface area contributed by atoms with Crippen molar-refractivity contribution in [2.75, 3.05) is 7.11 Å². The highest BCUT2D eigenvalue weighted by Crippen LogP contribution is 2.29. The van der Waals surface area contributed by atoms with Crippen LogP contribution in [0.25, 0.3) is 16.3 Å². The molecule has 4 aromatic rings. The summed E-state index contributed by atoms with van der Waals surface area (Å²) in [6.07, 6.45) is 0. The molecule has 0 aliphatic heterocycles. The molecule has 0 aliphatic rings. The minimum absolute atomic E-state index is 0.641. The lowest BCUT2D eigenvalue weighted by atomic mass is 10.2. The van der Waals surface area contributed by atoms with Gasteiger partial charge in [-0.05, 0) is 44.2 Å². The minimum Gasteiger partial charge on any atom is -0.497 e. The predicted octanol–water partition coefficient (Wildman–Crippen LogP) is 4.17. The maximum Gasteiger partial charge on any atom is 0.256 e. The van der Waals surface area contributed by atoms with E-state index in [4.69, 9.17) is 9.72 Å². The van der Waals surface area contributed by atoms with Gasteiger partial charge in [0.2, 0.25) is 0 Å². The smallest absolute Gasteiger partial charge is 0.256 e. The third-order valence-electron chi connectivity index (χ3n) is 3.90. The van der Waals surface area contributed by atoms with Crippen LogP contribution in [0.3, 0.4) is 0 Å². The Kier molecular flexibility index (Phi) is 4.60. The van der Waals surface area contributed by atoms with Crippen LogP contribution in [0, 0.1) is 13.8 Å². The van der Waals surface area contributed by atoms with Crippen LogP contribution in [0.4, 0.5) is 0 Å². The first-order valence-electron chi connectivity index (χ1n) is 8.05. The molecule has 6 nitrogen and oxygen atoms in total. The van der Waals surface area contributed by atoms with E-state index < -0.39 is 0 Å². The number of ether oxygens (including phenoxy) is 1. The molecule has 132 valence electrons. The standard InChI is InChI=1S/C18H17N5OS2/c1-11-8-12(2)23-17(19-11)21-22-18(23)26-10-14-9-25-16(20-14)13-4-6-15(24-3)7-5-13/h4-9H,10H2,1-3H3. The summed E-state index contributed by atoms with van der Waals surface area (Å²) in [6.45, 7) is 4.00. The van der Waals surface area contributed by atoms with Crippen molar-refractivity contribution in [1.29, 1.82) is 0 Å². The Balaban J connectivity index is 1.51. The minimum atomic E-state index is 0.641. The number of fused-ring (bicyclic) bond motifs is 1. The van der Waals surface area contributed by atoms with Gasteiger partial charge in [0.25, 0.3) is 5.78 Å². The first kappa shape index (κ1) is 17.0. The van der Waals surface area contributed by atoms with E-state index in [9.17, 15) is 0 Å². The number of hydrogen-bond acceptors (Lipinski definition) is 7. The molecule has 0 amide bonds. The van der Waals surface area contributed by atoms with E-state index in [1.807, 2.05) is 48.6 Å². The van der Waals surface area contributed by atoms with Crippen molar-refractivity contribution in [3.05, 3.63) is 52.8 Å². The maximum atomic E-state index is 5.20. The second-order valence-electron chi connectivity index (χ2n) is 5.82. The van der Waals surface area contributed by atoms with Crippen molar-refractivity contribution >= 4 is 28.9 Å². The maximum absolute atomic E-state index is 5.20. The number of methoxy groups -OCH3 is 1. The fraction of sp³-hybridized carbons (Fsp3) is 0.222. The van der Waals surface area contributed by atoms with Gasteiger partial charge in [0.1, 0.15) is 10.8 Å². The highest BCUT2D eigenvalue weighted by Gasteiger charge is 2.12. The van der Waals surface area contributed by atoms with Crippen LogP contribution in [0.1, 0.15) is 17.1 Å². The third kappa shape index (κ3) is 3.30. The number of thioether (sulfide) groups is 1. The van der Waals surface area contributed by atoms with Crippen LogP contribution in [0.2, 0.25) is 0 Å². The quantitative estimate of drug-likeness (QED) is 0.482. The predicted molar refractivity (Wildman–Crippen MR) is 104 cm³/mol. The first-order valence-corrected chi connectivity index (χ1v) is 9.91. The Morgan fingerprint density at radius 3 is 2.69 bits per heavy atom. The average Bonchev–Trinajstić information content (AvgIpc) is 3.27. The molecule has 0 aliphatic carbocycles. The van der Waals surface area contributed by atoms with E-state index in [0.717, 1.165) is 44.3 Å². The zero-order valence-electron chi connectivity index (χ0n) is 14.6. The molecule has 1 aromatic carbocycles. The van der Waals surface area contributed by atoms with E-state index in [-0.39, 0.29) is 0 Å². The summed E-state index contributed by atoms with van der Waals surface area (Å²) in [7, 11) is 1.67. The topological polar surface area (TPSA) is 65.2 Å². The highest BCUT2D eigenvalue weighted by atomic mass is 32.2. The monoisotopic (exact) mass is 383 g/mol. The van der Waals surface area contributed by atoms with Crippen LogP contribution in [-0.2, 0) is 5.75 Å². The summed E-state index contributed by atoms with van der Waals surface area (Å²) in [4.78, 5) is 9.16. The number of hydrogen-bond donors (Lipinski definition) is 0. The lowest BCUT2D eigenvalue weighted by molar-refractivity contribution is 0.415. The summed E-state index contributed by atoms with van der Waals surface area (Å²) in [6, 6.07) is 9.98. The van der Waals surface area contributed by atoms with E-state index in [1.54, 1.807) is 30.2 Å². The van der Waals surface area contributed by atoms with E-state index in [1.165, 1.54) is 0 Å². The molecular formula is C18H17N5OS2. The van der Waals surface area contributed by atoms with Gasteiger partial charge in [0.15, 0.2) is 5.16 Å². The van der Waals surface area contributed by atoms with Crippen molar-refractivity contribution in [3.8, 4) is 16.3 Å². The van der Waals surface area contributed by atoms with Crippen molar-refractivity contribution in [2.24, 2.45) is 0 Å². The summed E-state index contributed by atoms with van der Waals surface area (Å²) in [5.41, 5.74) is 4.15. The number of benzene rings is 1. The number of nitrogens with zero attached hydrogens (tertiary/aromatic N) is 5. The molecule has 3 heterocycles. The second-order valence-corrected chi connectivity index (χ2v) is 7.62. The van der Waals surface area contributed by atoms with Gasteiger partial charge in [0, 0.05) is 28.1 Å². The lowest BCUT2D eigenvalue weighted by Gasteiger charge is -2.03. The van der Waals surface area contributed by atoms with Crippen LogP contribution in [0.5, 0.6) is 5.75 Å². The third-order valence-corrected chi connectivity index (χ3v) is 5.80. The van der Waals surface area contributed by atoms with Gasteiger partial charge < -0.3 is 4.74 Å². The highest BCUT2D eigenvalue weighted by molar-refractivity contribution is 7.98. The molecule has 0 spiro atoms. The molecule has 0 fully saturated rings. The summed E-state index contributed by atoms with van der Waals surface area (Å²) in [5, 5.41) is 12.4. The van der Waals surface area contributed by atoms with Gasteiger partial charge in [-0.1, -0.05) is 11.8 Å². The molecule has 0 N–H and O–H groups in total. The van der Waals surface area contributed by atoms with Gasteiger partial charge in [0.05, 0.1) is 12.8 Å². The van der Waals surface area contributed by atoms with Gasteiger partial charge in [-0.15, -0.1) is 21.5 Å². The molecule has 0 bridgehead atoms. The molecule has 0 saturated heterocycles. The summed E-state index contributed by atoms with van der Waals surface area (Å²) >= 11 is 3.26. The Bertz CT molecular complexity index is 1060. The zero-order chi connectivity index (χ0) is 18.1. The van der Waals surface area contributed by atoms with Gasteiger partial charge in [-0.25, -0.2) is 9.97 Å². The van der Waals surface area contributed by atoms with Crippen LogP contribution < -0.4 is 4.74 Å². The van der Waals surface area contributed by atoms with Crippen LogP contribution in [-0.4, -0.2) is 31.7 Å². The van der Waals surface area contributed by atoms with Crippen molar-refractivity contribution in [1.82, 2.24) is 24.6 Å². The lowest BCUT2D eigenvalue weighted by Crippen LogP contribution is -1.97. The van der Waals surface area contributed by atoms with Crippen molar-refractivity contribution in [2.45, 2.75) is 24.8 Å². The molecular weight excluding hydrogens is 366 g/mol. The zero-order valence-corrected chi connectivity index (χ0v) is 16.3. The van der Waals surface area contributed by atoms with Crippen molar-refractivity contribution in [3.63, 3.8) is 0 Å². The molecule has 3 aromatic heterocycles. The molecule has 4 rings (SSSR count). The Morgan fingerprint density at radius 2 is 1.92 bits per heavy atom. The Hall–Kier alpha value is -2.45. The van der Waals surface area contributed by atoms with Crippen molar-refractivity contribution < 1.29 is 4.74 Å². The molecule has 0 unspecified atom stereocenters. The fourth-order valence-corrected chi connectivity index (χ4v) is 4.48. The SMILES string of the molecule is COc1ccc(-c2nc(CSc3nnc4nc(C)cc(C)n34)cs2)cc1. The Labute approximate surface area is 159 Å². The number of aryl methyl sites for hydroxylation is 2. The largest absolute Gasteiger partial charge is 0.497 e. The van der Waals surface area contributed by atoms with Crippen LogP contribution in [0.15, 0.2) is 40.9 Å². The van der Waals surface area contributed by atoms with E-state index >= 15 is 0 Å².